The molecule has 2 amide bonds. The van der Waals surface area contributed by atoms with Gasteiger partial charge in [0.1, 0.15) is 11.9 Å². The number of benzene rings is 2. The van der Waals surface area contributed by atoms with E-state index in [4.69, 9.17) is 16.6 Å². The lowest BCUT2D eigenvalue weighted by Gasteiger charge is -2.37. The zero-order chi connectivity index (χ0) is 31.8. The number of nitrogens with two attached hydrogens (primary N) is 2. The fourth-order valence-electron chi connectivity index (χ4n) is 6.75. The van der Waals surface area contributed by atoms with E-state index >= 15 is 0 Å². The second kappa shape index (κ2) is 12.1. The Kier molecular flexibility index (Phi) is 8.48. The van der Waals surface area contributed by atoms with Crippen molar-refractivity contribution in [2.45, 2.75) is 76.4 Å². The summed E-state index contributed by atoms with van der Waals surface area (Å²) in [6.07, 6.45) is 3.18. The molecule has 1 aliphatic heterocycles. The van der Waals surface area contributed by atoms with Crippen LogP contribution in [0.1, 0.15) is 90.1 Å². The van der Waals surface area contributed by atoms with Crippen LogP contribution in [-0.4, -0.2) is 56.7 Å². The molecule has 1 saturated heterocycles. The van der Waals surface area contributed by atoms with Crippen LogP contribution in [0.15, 0.2) is 47.8 Å². The number of carbonyl (C=O) groups is 2. The van der Waals surface area contributed by atoms with Crippen molar-refractivity contribution >= 4 is 17.5 Å². The molecule has 0 saturated carbocycles. The third-order valence-electron chi connectivity index (χ3n) is 8.92. The number of H-pyrrole nitrogens is 1. The normalized spacial score (nSPS) is 20.0. The minimum Gasteiger partial charge on any atom is -0.399 e. The molecule has 11 nitrogen and oxygen atoms in total. The van der Waals surface area contributed by atoms with Gasteiger partial charge in [0.25, 0.3) is 0 Å². The van der Waals surface area contributed by atoms with Crippen molar-refractivity contribution in [2.75, 3.05) is 13.1 Å². The van der Waals surface area contributed by atoms with Crippen LogP contribution in [0.5, 0.6) is 0 Å². The Bertz CT molecular complexity index is 1650. The Morgan fingerprint density at radius 3 is 2.34 bits per heavy atom. The summed E-state index contributed by atoms with van der Waals surface area (Å²) in [6, 6.07) is 12.8. The van der Waals surface area contributed by atoms with E-state index in [1.807, 2.05) is 51.1 Å². The predicted octanol–water partition coefficient (Wildman–Crippen LogP) is 2.50. The lowest BCUT2D eigenvalue weighted by molar-refractivity contribution is -0.130. The van der Waals surface area contributed by atoms with Crippen LogP contribution >= 0.6 is 0 Å². The molecule has 2 unspecified atom stereocenters. The van der Waals surface area contributed by atoms with E-state index in [9.17, 15) is 19.6 Å². The van der Waals surface area contributed by atoms with Gasteiger partial charge in [-0.3, -0.25) is 14.6 Å². The van der Waals surface area contributed by atoms with Crippen molar-refractivity contribution in [3.63, 3.8) is 0 Å². The van der Waals surface area contributed by atoms with Gasteiger partial charge in [0.15, 0.2) is 0 Å². The molecule has 3 atom stereocenters. The molecule has 0 bridgehead atoms. The minimum atomic E-state index is -0.969. The van der Waals surface area contributed by atoms with Crippen LogP contribution in [0.3, 0.4) is 0 Å². The SMILES string of the molecule is C=C(N)c1ccc2c(c1)CCc1cc(C(N)=O)ccc1C2(C[C@@H](C)NCC(=O)N1CCCC1C#N)c1nn(C(C)C)c(=O)[nH]1. The highest BCUT2D eigenvalue weighted by atomic mass is 16.2. The number of fused-ring (bicyclic) bond motifs is 2. The van der Waals surface area contributed by atoms with Crippen molar-refractivity contribution in [3.8, 4) is 6.07 Å². The third-order valence-corrected chi connectivity index (χ3v) is 8.92. The highest BCUT2D eigenvalue weighted by molar-refractivity contribution is 5.93. The van der Waals surface area contributed by atoms with E-state index in [2.05, 4.69) is 22.9 Å². The monoisotopic (exact) mass is 596 g/mol. The summed E-state index contributed by atoms with van der Waals surface area (Å²) in [5.41, 5.74) is 15.9. The molecule has 1 aromatic heterocycles. The van der Waals surface area contributed by atoms with E-state index < -0.39 is 17.4 Å². The molecule has 0 spiro atoms. The number of aryl methyl sites for hydroxylation is 2. The molecule has 11 heteroatoms. The number of aromatic amines is 1. The van der Waals surface area contributed by atoms with Gasteiger partial charge in [0.2, 0.25) is 11.8 Å². The van der Waals surface area contributed by atoms with Crippen molar-refractivity contribution in [1.82, 2.24) is 25.0 Å². The molecule has 2 aliphatic rings. The summed E-state index contributed by atoms with van der Waals surface area (Å²) in [5.74, 6) is -0.173. The molecular formula is C33H40N8O3. The molecule has 0 radical (unpaired) electrons. The van der Waals surface area contributed by atoms with Gasteiger partial charge in [-0.1, -0.05) is 24.8 Å². The smallest absolute Gasteiger partial charge is 0.343 e. The molecule has 2 heterocycles. The Morgan fingerprint density at radius 1 is 1.14 bits per heavy atom. The summed E-state index contributed by atoms with van der Waals surface area (Å²) in [5, 5.41) is 17.7. The molecule has 6 N–H and O–H groups in total. The summed E-state index contributed by atoms with van der Waals surface area (Å²) >= 11 is 0. The molecule has 2 aromatic carbocycles. The molecule has 1 fully saturated rings. The van der Waals surface area contributed by atoms with Gasteiger partial charge < -0.3 is 21.7 Å². The highest BCUT2D eigenvalue weighted by Crippen LogP contribution is 2.47. The van der Waals surface area contributed by atoms with E-state index in [1.54, 1.807) is 11.0 Å². The van der Waals surface area contributed by atoms with Crippen molar-refractivity contribution < 1.29 is 9.59 Å². The standard InChI is InChI=1S/C33H40N8O3/c1-19(2)41-32(44)38-31(39-41)33(16-20(3)37-18-29(42)40-13-5-6-26(40)17-34)27-11-9-22(21(4)35)14-23(27)7-8-24-15-25(30(36)43)10-12-28(24)33/h9-12,14-15,19-20,26,37H,4-8,13,16,18,35H2,1-3H3,(H2,36,43)(H,38,39,44)/t20-,26?,33?/m1/s1. The topological polar surface area (TPSA) is 176 Å². The van der Waals surface area contributed by atoms with E-state index in [0.29, 0.717) is 49.3 Å². The Labute approximate surface area is 256 Å². The van der Waals surface area contributed by atoms with Gasteiger partial charge in [-0.15, -0.1) is 0 Å². The number of carbonyl (C=O) groups excluding carboxylic acids is 2. The van der Waals surface area contributed by atoms with Gasteiger partial charge in [0.05, 0.1) is 24.1 Å². The number of hydrogen-bond donors (Lipinski definition) is 4. The van der Waals surface area contributed by atoms with Crippen LogP contribution in [-0.2, 0) is 23.1 Å². The Morgan fingerprint density at radius 2 is 1.77 bits per heavy atom. The fraction of sp³-hybridized carbons (Fsp3) is 0.424. The summed E-state index contributed by atoms with van der Waals surface area (Å²) in [6.45, 7) is 10.4. The number of nitriles is 1. The van der Waals surface area contributed by atoms with Gasteiger partial charge in [-0.25, -0.2) is 9.48 Å². The maximum Gasteiger partial charge on any atom is 0.343 e. The van der Waals surface area contributed by atoms with Crippen LogP contribution in [0, 0.1) is 11.3 Å². The summed E-state index contributed by atoms with van der Waals surface area (Å²) in [7, 11) is 0. The Balaban J connectivity index is 1.67. The van der Waals surface area contributed by atoms with E-state index in [1.165, 1.54) is 4.68 Å². The first kappa shape index (κ1) is 30.8. The largest absolute Gasteiger partial charge is 0.399 e. The van der Waals surface area contributed by atoms with Gasteiger partial charge in [-0.05, 0) is 98.9 Å². The van der Waals surface area contributed by atoms with Gasteiger partial charge >= 0.3 is 5.69 Å². The van der Waals surface area contributed by atoms with E-state index in [-0.39, 0.29) is 30.2 Å². The van der Waals surface area contributed by atoms with Crippen LogP contribution in [0.25, 0.3) is 5.70 Å². The number of aromatic nitrogens is 3. The van der Waals surface area contributed by atoms with Crippen molar-refractivity contribution in [1.29, 1.82) is 5.26 Å². The lowest BCUT2D eigenvalue weighted by atomic mass is 9.67. The molecule has 44 heavy (non-hydrogen) atoms. The number of amides is 2. The number of likely N-dealkylation sites (tertiary alicyclic amines) is 1. The fourth-order valence-corrected chi connectivity index (χ4v) is 6.75. The summed E-state index contributed by atoms with van der Waals surface area (Å²) in [4.78, 5) is 43.3. The first-order valence-electron chi connectivity index (χ1n) is 15.1. The van der Waals surface area contributed by atoms with Crippen LogP contribution in [0.4, 0.5) is 0 Å². The first-order chi connectivity index (χ1) is 21.0. The number of nitrogens with zero attached hydrogens (tertiary/aromatic N) is 4. The zero-order valence-corrected chi connectivity index (χ0v) is 25.5. The molecule has 1 aliphatic carbocycles. The van der Waals surface area contributed by atoms with Crippen LogP contribution in [0.2, 0.25) is 0 Å². The Hall–Kier alpha value is -4.69. The number of hydrogen-bond acceptors (Lipinski definition) is 7. The second-order valence-corrected chi connectivity index (χ2v) is 12.2. The second-order valence-electron chi connectivity index (χ2n) is 12.2. The average Bonchev–Trinajstić information content (AvgIpc) is 3.61. The maximum absolute atomic E-state index is 13.2. The number of rotatable bonds is 9. The third kappa shape index (κ3) is 5.53. The maximum atomic E-state index is 13.2. The number of primary amides is 1. The predicted molar refractivity (Wildman–Crippen MR) is 168 cm³/mol. The molecule has 230 valence electrons. The van der Waals surface area contributed by atoms with Gasteiger partial charge in [-0.2, -0.15) is 10.4 Å². The molecular weight excluding hydrogens is 556 g/mol. The lowest BCUT2D eigenvalue weighted by Crippen LogP contribution is -2.45. The average molecular weight is 597 g/mol. The van der Waals surface area contributed by atoms with E-state index in [0.717, 1.165) is 34.2 Å². The van der Waals surface area contributed by atoms with Gasteiger partial charge in [0, 0.05) is 23.8 Å². The molecule has 5 rings (SSSR count). The molecule has 3 aromatic rings. The van der Waals surface area contributed by atoms with Crippen molar-refractivity contribution in [2.24, 2.45) is 11.5 Å². The zero-order valence-electron chi connectivity index (χ0n) is 25.5. The highest BCUT2D eigenvalue weighted by Gasteiger charge is 2.45. The minimum absolute atomic E-state index is 0.0681. The summed E-state index contributed by atoms with van der Waals surface area (Å²) < 4.78 is 1.44. The number of nitrogens with one attached hydrogen (secondary N) is 2. The first-order valence-corrected chi connectivity index (χ1v) is 15.1. The van der Waals surface area contributed by atoms with Crippen molar-refractivity contribution in [3.05, 3.63) is 92.7 Å². The quantitative estimate of drug-likeness (QED) is 0.293. The van der Waals surface area contributed by atoms with Crippen LogP contribution < -0.4 is 22.5 Å².